The summed E-state index contributed by atoms with van der Waals surface area (Å²) in [6.45, 7) is 6.19. The summed E-state index contributed by atoms with van der Waals surface area (Å²) in [6, 6.07) is 4.11. The number of carbonyl (C=O) groups excluding carboxylic acids is 1. The second-order valence-corrected chi connectivity index (χ2v) is 5.95. The Balaban J connectivity index is 2.58. The zero-order valence-corrected chi connectivity index (χ0v) is 12.7. The van der Waals surface area contributed by atoms with Crippen LogP contribution in [0.15, 0.2) is 16.6 Å². The van der Waals surface area contributed by atoms with E-state index >= 15 is 0 Å². The number of hydrogen-bond acceptors (Lipinski definition) is 2. The van der Waals surface area contributed by atoms with Crippen LogP contribution in [0.4, 0.5) is 5.69 Å². The fourth-order valence-electron chi connectivity index (χ4n) is 2.06. The van der Waals surface area contributed by atoms with Crippen molar-refractivity contribution in [2.75, 3.05) is 11.9 Å². The van der Waals surface area contributed by atoms with Crippen LogP contribution in [-0.2, 0) is 4.79 Å². The molecule has 1 heterocycles. The summed E-state index contributed by atoms with van der Waals surface area (Å²) < 4.78 is 6.77. The number of amides is 1. The van der Waals surface area contributed by atoms with Crippen LogP contribution in [-0.4, -0.2) is 19.1 Å². The van der Waals surface area contributed by atoms with Crippen LogP contribution in [0.1, 0.15) is 38.7 Å². The molecule has 18 heavy (non-hydrogen) atoms. The molecule has 1 aromatic carbocycles. The molecule has 1 amide bonds. The van der Waals surface area contributed by atoms with Gasteiger partial charge in [0.1, 0.15) is 6.10 Å². The number of rotatable bonds is 1. The molecule has 0 spiro atoms. The maximum atomic E-state index is 12.0. The number of halogens is 1. The number of ether oxygens (including phenoxy) is 1. The van der Waals surface area contributed by atoms with Crippen LogP contribution in [0.2, 0.25) is 0 Å². The summed E-state index contributed by atoms with van der Waals surface area (Å²) in [5, 5.41) is 0. The Morgan fingerprint density at radius 1 is 1.44 bits per heavy atom. The van der Waals surface area contributed by atoms with Gasteiger partial charge in [0, 0.05) is 7.05 Å². The van der Waals surface area contributed by atoms with Gasteiger partial charge in [-0.05, 0) is 46.5 Å². The molecule has 1 unspecified atom stereocenters. The maximum absolute atomic E-state index is 12.0. The molecule has 4 heteroatoms. The van der Waals surface area contributed by atoms with Crippen LogP contribution >= 0.6 is 15.9 Å². The highest BCUT2D eigenvalue weighted by atomic mass is 79.9. The lowest BCUT2D eigenvalue weighted by Crippen LogP contribution is -2.27. The number of nitrogens with zero attached hydrogens (tertiary/aromatic N) is 1. The quantitative estimate of drug-likeness (QED) is 0.791. The second-order valence-electron chi connectivity index (χ2n) is 5.09. The van der Waals surface area contributed by atoms with Crippen molar-refractivity contribution in [1.29, 1.82) is 0 Å². The standard InChI is InChI=1S/C14H18BrNO2/c1-8(2)10-6-11(15)14-12(7-10)16(4)13(17)5-9(3)18-14/h6-9H,5H2,1-4H3. The summed E-state index contributed by atoms with van der Waals surface area (Å²) in [6.07, 6.45) is 0.316. The van der Waals surface area contributed by atoms with Crippen molar-refractivity contribution < 1.29 is 9.53 Å². The Hall–Kier alpha value is -1.03. The molecule has 0 aromatic heterocycles. The normalized spacial score (nSPS) is 19.6. The Morgan fingerprint density at radius 2 is 2.11 bits per heavy atom. The van der Waals surface area contributed by atoms with Gasteiger partial charge in [-0.3, -0.25) is 4.79 Å². The molecular weight excluding hydrogens is 294 g/mol. The number of fused-ring (bicyclic) bond motifs is 1. The van der Waals surface area contributed by atoms with E-state index < -0.39 is 0 Å². The lowest BCUT2D eigenvalue weighted by atomic mass is 10.0. The van der Waals surface area contributed by atoms with Gasteiger partial charge in [-0.25, -0.2) is 0 Å². The minimum atomic E-state index is -0.0950. The van der Waals surface area contributed by atoms with Crippen LogP contribution < -0.4 is 9.64 Å². The SMILES string of the molecule is CC1CC(=O)N(C)c2cc(C(C)C)cc(Br)c2O1. The van der Waals surface area contributed by atoms with Gasteiger partial charge in [-0.15, -0.1) is 0 Å². The molecule has 1 atom stereocenters. The minimum Gasteiger partial charge on any atom is -0.487 e. The highest BCUT2D eigenvalue weighted by Gasteiger charge is 2.26. The average Bonchev–Trinajstić information content (AvgIpc) is 2.39. The van der Waals surface area contributed by atoms with Gasteiger partial charge in [0.2, 0.25) is 5.91 Å². The summed E-state index contributed by atoms with van der Waals surface area (Å²) in [5.41, 5.74) is 2.04. The van der Waals surface area contributed by atoms with Gasteiger partial charge in [0.25, 0.3) is 0 Å². The van der Waals surface area contributed by atoms with Crippen molar-refractivity contribution in [2.24, 2.45) is 0 Å². The Bertz CT molecular complexity index is 485. The number of carbonyl (C=O) groups is 1. The predicted molar refractivity (Wildman–Crippen MR) is 76.3 cm³/mol. The molecule has 0 radical (unpaired) electrons. The highest BCUT2D eigenvalue weighted by Crippen LogP contribution is 2.41. The summed E-state index contributed by atoms with van der Waals surface area (Å²) in [4.78, 5) is 13.7. The lowest BCUT2D eigenvalue weighted by molar-refractivity contribution is -0.119. The average molecular weight is 312 g/mol. The molecule has 3 nitrogen and oxygen atoms in total. The molecule has 1 aromatic rings. The number of anilines is 1. The van der Waals surface area contributed by atoms with Crippen molar-refractivity contribution in [2.45, 2.75) is 39.2 Å². The minimum absolute atomic E-state index is 0.0917. The van der Waals surface area contributed by atoms with E-state index in [4.69, 9.17) is 4.74 Å². The van der Waals surface area contributed by atoms with Gasteiger partial charge in [-0.1, -0.05) is 13.8 Å². The van der Waals surface area contributed by atoms with Gasteiger partial charge in [0.15, 0.2) is 5.75 Å². The predicted octanol–water partition coefficient (Wildman–Crippen LogP) is 3.71. The van der Waals surface area contributed by atoms with E-state index in [1.807, 2.05) is 13.0 Å². The highest BCUT2D eigenvalue weighted by molar-refractivity contribution is 9.10. The van der Waals surface area contributed by atoms with Crippen LogP contribution in [0.25, 0.3) is 0 Å². The van der Waals surface area contributed by atoms with Crippen LogP contribution in [0.5, 0.6) is 5.75 Å². The van der Waals surface area contributed by atoms with E-state index in [1.54, 1.807) is 11.9 Å². The molecule has 2 rings (SSSR count). The first kappa shape index (κ1) is 13.4. The van der Waals surface area contributed by atoms with Crippen molar-refractivity contribution in [3.8, 4) is 5.75 Å². The first-order chi connectivity index (χ1) is 8.40. The smallest absolute Gasteiger partial charge is 0.230 e. The number of benzene rings is 1. The van der Waals surface area contributed by atoms with Crippen molar-refractivity contribution in [1.82, 2.24) is 0 Å². The van der Waals surface area contributed by atoms with E-state index in [-0.39, 0.29) is 12.0 Å². The molecule has 0 fully saturated rings. The van der Waals surface area contributed by atoms with Crippen molar-refractivity contribution in [3.05, 3.63) is 22.2 Å². The molecule has 1 aliphatic rings. The zero-order valence-electron chi connectivity index (χ0n) is 11.2. The van der Waals surface area contributed by atoms with E-state index in [2.05, 4.69) is 35.8 Å². The molecule has 0 bridgehead atoms. The maximum Gasteiger partial charge on any atom is 0.230 e. The lowest BCUT2D eigenvalue weighted by Gasteiger charge is -2.20. The summed E-state index contributed by atoms with van der Waals surface area (Å²) in [7, 11) is 1.80. The topological polar surface area (TPSA) is 29.5 Å². The second kappa shape index (κ2) is 4.92. The Morgan fingerprint density at radius 3 is 2.72 bits per heavy atom. The fraction of sp³-hybridized carbons (Fsp3) is 0.500. The third-order valence-corrected chi connectivity index (χ3v) is 3.82. The van der Waals surface area contributed by atoms with Gasteiger partial charge in [-0.2, -0.15) is 0 Å². The van der Waals surface area contributed by atoms with Gasteiger partial charge in [0.05, 0.1) is 16.6 Å². The summed E-state index contributed by atoms with van der Waals surface area (Å²) >= 11 is 3.55. The molecule has 0 N–H and O–H groups in total. The summed E-state index contributed by atoms with van der Waals surface area (Å²) in [5.74, 6) is 1.27. The number of hydrogen-bond donors (Lipinski definition) is 0. The molecule has 0 aliphatic carbocycles. The van der Waals surface area contributed by atoms with Crippen molar-refractivity contribution >= 4 is 27.5 Å². The van der Waals surface area contributed by atoms with Crippen LogP contribution in [0, 0.1) is 0 Å². The third-order valence-electron chi connectivity index (χ3n) is 3.23. The molecule has 0 saturated heterocycles. The Kier molecular flexibility index (Phi) is 3.66. The molecule has 1 aliphatic heterocycles. The van der Waals surface area contributed by atoms with Gasteiger partial charge < -0.3 is 9.64 Å². The largest absolute Gasteiger partial charge is 0.487 e. The Labute approximate surface area is 116 Å². The van der Waals surface area contributed by atoms with E-state index in [9.17, 15) is 4.79 Å². The third kappa shape index (κ3) is 2.39. The first-order valence-electron chi connectivity index (χ1n) is 6.16. The van der Waals surface area contributed by atoms with Crippen LogP contribution in [0.3, 0.4) is 0 Å². The first-order valence-corrected chi connectivity index (χ1v) is 6.96. The molecule has 0 saturated carbocycles. The van der Waals surface area contributed by atoms with E-state index in [1.165, 1.54) is 5.56 Å². The van der Waals surface area contributed by atoms with E-state index in [0.29, 0.717) is 12.3 Å². The molecule has 98 valence electrons. The van der Waals surface area contributed by atoms with E-state index in [0.717, 1.165) is 15.9 Å². The zero-order chi connectivity index (χ0) is 13.4. The van der Waals surface area contributed by atoms with Gasteiger partial charge >= 0.3 is 0 Å². The molecular formula is C14H18BrNO2. The van der Waals surface area contributed by atoms with Crippen molar-refractivity contribution in [3.63, 3.8) is 0 Å². The fourth-order valence-corrected chi connectivity index (χ4v) is 2.62. The monoisotopic (exact) mass is 311 g/mol.